The summed E-state index contributed by atoms with van der Waals surface area (Å²) in [6, 6.07) is 3.89. The number of carbonyl (C=O) groups is 2. The fourth-order valence-electron chi connectivity index (χ4n) is 3.25. The van der Waals surface area contributed by atoms with Crippen LogP contribution in [0.4, 0.5) is 4.79 Å². The first kappa shape index (κ1) is 18.8. The number of pyridine rings is 1. The van der Waals surface area contributed by atoms with E-state index in [2.05, 4.69) is 9.88 Å². The molecule has 142 valence electrons. The summed E-state index contributed by atoms with van der Waals surface area (Å²) in [5.74, 6) is 0.679. The third kappa shape index (κ3) is 4.81. The summed E-state index contributed by atoms with van der Waals surface area (Å²) in [5.41, 5.74) is 1.27. The largest absolute Gasteiger partial charge is 0.444 e. The van der Waals surface area contributed by atoms with Gasteiger partial charge in [0.1, 0.15) is 5.60 Å². The summed E-state index contributed by atoms with van der Waals surface area (Å²) in [5, 5.41) is 0. The molecule has 0 bridgehead atoms. The third-order valence-corrected chi connectivity index (χ3v) is 4.81. The minimum Gasteiger partial charge on any atom is -0.444 e. The van der Waals surface area contributed by atoms with Crippen LogP contribution in [0.5, 0.6) is 0 Å². The Morgan fingerprint density at radius 2 is 1.96 bits per heavy atom. The molecule has 0 N–H and O–H groups in total. The second-order valence-electron chi connectivity index (χ2n) is 8.43. The normalized spacial score (nSPS) is 21.5. The lowest BCUT2D eigenvalue weighted by atomic mass is 10.1. The fourth-order valence-corrected chi connectivity index (χ4v) is 3.25. The molecular formula is C20H29N3O3. The summed E-state index contributed by atoms with van der Waals surface area (Å²) in [7, 11) is 0. The molecule has 0 spiro atoms. The molecule has 1 saturated carbocycles. The smallest absolute Gasteiger partial charge is 0.410 e. The Labute approximate surface area is 155 Å². The Hall–Kier alpha value is -1.95. The highest BCUT2D eigenvalue weighted by Crippen LogP contribution is 2.38. The first-order valence-corrected chi connectivity index (χ1v) is 9.44. The third-order valence-electron chi connectivity index (χ3n) is 4.81. The quantitative estimate of drug-likeness (QED) is 0.773. The van der Waals surface area contributed by atoms with Crippen LogP contribution in [-0.2, 0) is 4.74 Å². The number of nitrogens with zero attached hydrogens (tertiary/aromatic N) is 3. The molecule has 1 saturated heterocycles. The molecule has 2 aliphatic rings. The SMILES string of the molecule is C[C@@H]1CN(CC(=O)c2ccc(C3CC3)nc2)CCN1C(=O)OC(C)(C)C. The molecule has 0 radical (unpaired) electrons. The zero-order chi connectivity index (χ0) is 18.9. The summed E-state index contributed by atoms with van der Waals surface area (Å²) in [6.45, 7) is 9.86. The average Bonchev–Trinajstić information content (AvgIpc) is 3.38. The minimum atomic E-state index is -0.496. The first-order valence-electron chi connectivity index (χ1n) is 9.44. The Kier molecular flexibility index (Phi) is 5.32. The van der Waals surface area contributed by atoms with Crippen molar-refractivity contribution in [2.75, 3.05) is 26.2 Å². The number of rotatable bonds is 4. The molecule has 1 atom stereocenters. The van der Waals surface area contributed by atoms with Gasteiger partial charge in [-0.25, -0.2) is 4.79 Å². The number of amides is 1. The van der Waals surface area contributed by atoms with Gasteiger partial charge in [0.2, 0.25) is 0 Å². The van der Waals surface area contributed by atoms with Crippen molar-refractivity contribution < 1.29 is 14.3 Å². The predicted octanol–water partition coefficient (Wildman–Crippen LogP) is 3.08. The summed E-state index contributed by atoms with van der Waals surface area (Å²) in [4.78, 5) is 33.1. The molecule has 6 nitrogen and oxygen atoms in total. The summed E-state index contributed by atoms with van der Waals surface area (Å²) < 4.78 is 5.46. The Bertz CT molecular complexity index is 662. The van der Waals surface area contributed by atoms with Gasteiger partial charge in [-0.15, -0.1) is 0 Å². The van der Waals surface area contributed by atoms with E-state index in [0.717, 1.165) is 5.69 Å². The van der Waals surface area contributed by atoms with Crippen LogP contribution < -0.4 is 0 Å². The van der Waals surface area contributed by atoms with Crippen LogP contribution >= 0.6 is 0 Å². The van der Waals surface area contributed by atoms with Crippen LogP contribution in [0.1, 0.15) is 62.5 Å². The number of carbonyl (C=O) groups excluding carboxylic acids is 2. The van der Waals surface area contributed by atoms with Crippen molar-refractivity contribution in [1.29, 1.82) is 0 Å². The Balaban J connectivity index is 1.52. The lowest BCUT2D eigenvalue weighted by molar-refractivity contribution is 0.00220. The highest BCUT2D eigenvalue weighted by Gasteiger charge is 2.31. The Morgan fingerprint density at radius 3 is 2.50 bits per heavy atom. The number of piperazine rings is 1. The van der Waals surface area contributed by atoms with E-state index in [0.29, 0.717) is 37.7 Å². The molecular weight excluding hydrogens is 330 g/mol. The van der Waals surface area contributed by atoms with Crippen molar-refractivity contribution in [2.45, 2.75) is 58.1 Å². The lowest BCUT2D eigenvalue weighted by Crippen LogP contribution is -2.55. The predicted molar refractivity (Wildman–Crippen MR) is 99.4 cm³/mol. The molecule has 0 aromatic carbocycles. The monoisotopic (exact) mass is 359 g/mol. The van der Waals surface area contributed by atoms with Gasteiger partial charge in [0, 0.05) is 49.0 Å². The maximum Gasteiger partial charge on any atom is 0.410 e. The average molecular weight is 359 g/mol. The first-order chi connectivity index (χ1) is 12.2. The molecule has 1 aromatic rings. The van der Waals surface area contributed by atoms with Gasteiger partial charge in [-0.3, -0.25) is 14.7 Å². The topological polar surface area (TPSA) is 62.7 Å². The van der Waals surface area contributed by atoms with Crippen LogP contribution in [0.15, 0.2) is 18.3 Å². The van der Waals surface area contributed by atoms with E-state index >= 15 is 0 Å². The standard InChI is InChI=1S/C20H29N3O3/c1-14-12-22(9-10-23(14)19(25)26-20(2,3)4)13-18(24)16-7-8-17(21-11-16)15-5-6-15/h7-8,11,14-15H,5-6,9-10,12-13H2,1-4H3/t14-/m1/s1. The second-order valence-corrected chi connectivity index (χ2v) is 8.43. The molecule has 1 aromatic heterocycles. The van der Waals surface area contributed by atoms with Crippen molar-refractivity contribution >= 4 is 11.9 Å². The van der Waals surface area contributed by atoms with Gasteiger partial charge in [-0.05, 0) is 52.7 Å². The Morgan fingerprint density at radius 1 is 1.23 bits per heavy atom. The molecule has 3 rings (SSSR count). The molecule has 0 unspecified atom stereocenters. The molecule has 2 heterocycles. The van der Waals surface area contributed by atoms with Gasteiger partial charge in [-0.1, -0.05) is 0 Å². The zero-order valence-corrected chi connectivity index (χ0v) is 16.2. The van der Waals surface area contributed by atoms with Crippen LogP contribution in [0.2, 0.25) is 0 Å². The number of ether oxygens (including phenoxy) is 1. The van der Waals surface area contributed by atoms with E-state index in [1.54, 1.807) is 11.1 Å². The van der Waals surface area contributed by atoms with Crippen molar-refractivity contribution in [2.24, 2.45) is 0 Å². The van der Waals surface area contributed by atoms with Crippen molar-refractivity contribution in [3.05, 3.63) is 29.6 Å². The van der Waals surface area contributed by atoms with Crippen molar-refractivity contribution in [3.8, 4) is 0 Å². The summed E-state index contributed by atoms with van der Waals surface area (Å²) >= 11 is 0. The number of aromatic nitrogens is 1. The second kappa shape index (κ2) is 7.35. The summed E-state index contributed by atoms with van der Waals surface area (Å²) in [6.07, 6.45) is 3.84. The maximum absolute atomic E-state index is 12.5. The molecule has 6 heteroatoms. The van der Waals surface area contributed by atoms with E-state index in [4.69, 9.17) is 4.74 Å². The van der Waals surface area contributed by atoms with E-state index < -0.39 is 5.60 Å². The van der Waals surface area contributed by atoms with Gasteiger partial charge in [-0.2, -0.15) is 0 Å². The number of hydrogen-bond donors (Lipinski definition) is 0. The van der Waals surface area contributed by atoms with Gasteiger partial charge in [0.25, 0.3) is 0 Å². The van der Waals surface area contributed by atoms with Crippen molar-refractivity contribution in [1.82, 2.24) is 14.8 Å². The van der Waals surface area contributed by atoms with Gasteiger partial charge in [0.15, 0.2) is 5.78 Å². The highest BCUT2D eigenvalue weighted by atomic mass is 16.6. The molecule has 2 fully saturated rings. The molecule has 1 aliphatic carbocycles. The van der Waals surface area contributed by atoms with Crippen LogP contribution in [0.3, 0.4) is 0 Å². The van der Waals surface area contributed by atoms with Crippen LogP contribution in [0.25, 0.3) is 0 Å². The maximum atomic E-state index is 12.5. The number of hydrogen-bond acceptors (Lipinski definition) is 5. The van der Waals surface area contributed by atoms with Crippen molar-refractivity contribution in [3.63, 3.8) is 0 Å². The molecule has 1 aliphatic heterocycles. The van der Waals surface area contributed by atoms with Gasteiger partial charge in [0.05, 0.1) is 6.54 Å². The minimum absolute atomic E-state index is 0.0155. The molecule has 1 amide bonds. The molecule has 26 heavy (non-hydrogen) atoms. The van der Waals surface area contributed by atoms with Crippen LogP contribution in [-0.4, -0.2) is 64.5 Å². The van der Waals surface area contributed by atoms with E-state index in [-0.39, 0.29) is 17.9 Å². The van der Waals surface area contributed by atoms with Crippen LogP contribution in [0, 0.1) is 0 Å². The lowest BCUT2D eigenvalue weighted by Gasteiger charge is -2.39. The highest BCUT2D eigenvalue weighted by molar-refractivity contribution is 5.97. The zero-order valence-electron chi connectivity index (χ0n) is 16.2. The van der Waals surface area contributed by atoms with E-state index in [1.165, 1.54) is 12.8 Å². The van der Waals surface area contributed by atoms with E-state index in [9.17, 15) is 9.59 Å². The van der Waals surface area contributed by atoms with Gasteiger partial charge < -0.3 is 9.64 Å². The fraction of sp³-hybridized carbons (Fsp3) is 0.650. The number of ketones is 1. The number of Topliss-reactive ketones (excluding diaryl/α,β-unsaturated/α-hetero) is 1. The van der Waals surface area contributed by atoms with E-state index in [1.807, 2.05) is 39.8 Å². The van der Waals surface area contributed by atoms with Gasteiger partial charge >= 0.3 is 6.09 Å².